The largest absolute Gasteiger partial charge is 0.360 e. The summed E-state index contributed by atoms with van der Waals surface area (Å²) in [6.07, 6.45) is 1.57. The Hall–Kier alpha value is -0.970. The minimum atomic E-state index is -0.427. The second-order valence-corrected chi connectivity index (χ2v) is 2.80. The van der Waals surface area contributed by atoms with Crippen LogP contribution in [-0.2, 0) is 0 Å². The van der Waals surface area contributed by atoms with E-state index in [0.29, 0.717) is 5.03 Å². The molecule has 4 nitrogen and oxygen atoms in total. The molecule has 1 amide bonds. The van der Waals surface area contributed by atoms with Crippen LogP contribution in [0.15, 0.2) is 11.2 Å². The molecule has 0 aliphatic rings. The quantitative estimate of drug-likeness (QED) is 0.594. The second-order valence-electron chi connectivity index (χ2n) is 1.75. The molecule has 1 heterocycles. The van der Waals surface area contributed by atoms with Crippen molar-refractivity contribution in [3.63, 3.8) is 0 Å². The number of imidazole rings is 1. The first kappa shape index (κ1) is 7.14. The molecule has 0 saturated heterocycles. The zero-order chi connectivity index (χ0) is 7.56. The minimum absolute atomic E-state index is 0.427. The molecule has 0 bridgehead atoms. The number of primary amides is 1. The normalized spacial score (nSPS) is 9.70. The van der Waals surface area contributed by atoms with Crippen LogP contribution in [0.3, 0.4) is 0 Å². The number of nitrogens with zero attached hydrogens (tertiary/aromatic N) is 1. The Morgan fingerprint density at radius 3 is 3.00 bits per heavy atom. The predicted octanol–water partition coefficient (Wildman–Crippen LogP) is 0.889. The van der Waals surface area contributed by atoms with Crippen molar-refractivity contribution in [1.82, 2.24) is 9.97 Å². The SMILES string of the molecule is Cc1ncc(SC(N)=O)[nH]1. The number of carbonyl (C=O) groups is 1. The predicted molar refractivity (Wildman–Crippen MR) is 38.8 cm³/mol. The van der Waals surface area contributed by atoms with Crippen LogP contribution in [0.1, 0.15) is 5.82 Å². The standard InChI is InChI=1S/C5H7N3OS/c1-3-7-2-4(8-3)10-5(6)9/h2H,1H3,(H2,6,9)(H,7,8). The number of carbonyl (C=O) groups excluding carboxylic acids is 1. The van der Waals surface area contributed by atoms with Crippen molar-refractivity contribution in [2.24, 2.45) is 5.73 Å². The van der Waals surface area contributed by atoms with E-state index in [1.54, 1.807) is 6.20 Å². The lowest BCUT2D eigenvalue weighted by atomic mass is 10.8. The highest BCUT2D eigenvalue weighted by Crippen LogP contribution is 2.13. The van der Waals surface area contributed by atoms with Crippen LogP contribution in [0, 0.1) is 6.92 Å². The smallest absolute Gasteiger partial charge is 0.282 e. The third kappa shape index (κ3) is 1.77. The molecule has 5 heteroatoms. The third-order valence-corrected chi connectivity index (χ3v) is 1.52. The van der Waals surface area contributed by atoms with Gasteiger partial charge in [0.15, 0.2) is 0 Å². The van der Waals surface area contributed by atoms with Gasteiger partial charge in [0.2, 0.25) is 0 Å². The Morgan fingerprint density at radius 1 is 1.90 bits per heavy atom. The number of aromatic nitrogens is 2. The van der Waals surface area contributed by atoms with E-state index in [1.807, 2.05) is 6.92 Å². The van der Waals surface area contributed by atoms with E-state index in [0.717, 1.165) is 17.6 Å². The number of nitrogens with one attached hydrogen (secondary N) is 1. The van der Waals surface area contributed by atoms with Crippen LogP contribution in [0.2, 0.25) is 0 Å². The summed E-state index contributed by atoms with van der Waals surface area (Å²) in [6.45, 7) is 1.81. The van der Waals surface area contributed by atoms with E-state index in [9.17, 15) is 4.79 Å². The van der Waals surface area contributed by atoms with Gasteiger partial charge in [-0.1, -0.05) is 0 Å². The highest BCUT2D eigenvalue weighted by Gasteiger charge is 2.00. The lowest BCUT2D eigenvalue weighted by Crippen LogP contribution is -2.01. The molecule has 1 rings (SSSR count). The molecular formula is C5H7N3OS. The molecule has 0 atom stereocenters. The maximum atomic E-state index is 10.3. The summed E-state index contributed by atoms with van der Waals surface area (Å²) >= 11 is 0.940. The van der Waals surface area contributed by atoms with Gasteiger partial charge in [-0.15, -0.1) is 0 Å². The minimum Gasteiger partial charge on any atom is -0.360 e. The van der Waals surface area contributed by atoms with Crippen molar-refractivity contribution in [3.8, 4) is 0 Å². The number of amides is 1. The van der Waals surface area contributed by atoms with E-state index in [-0.39, 0.29) is 0 Å². The van der Waals surface area contributed by atoms with Gasteiger partial charge in [0.25, 0.3) is 5.24 Å². The molecule has 10 heavy (non-hydrogen) atoms. The first-order valence-corrected chi connectivity index (χ1v) is 3.49. The van der Waals surface area contributed by atoms with Gasteiger partial charge in [-0.05, 0) is 18.7 Å². The van der Waals surface area contributed by atoms with Gasteiger partial charge in [0, 0.05) is 0 Å². The number of aryl methyl sites for hydroxylation is 1. The van der Waals surface area contributed by atoms with E-state index in [2.05, 4.69) is 9.97 Å². The fourth-order valence-corrected chi connectivity index (χ4v) is 1.08. The molecular weight excluding hydrogens is 150 g/mol. The fraction of sp³-hybridized carbons (Fsp3) is 0.200. The number of nitrogens with two attached hydrogens (primary N) is 1. The number of hydrogen-bond donors (Lipinski definition) is 2. The van der Waals surface area contributed by atoms with Gasteiger partial charge in [-0.25, -0.2) is 4.98 Å². The summed E-state index contributed by atoms with van der Waals surface area (Å²) in [4.78, 5) is 17.1. The Bertz CT molecular complexity index is 245. The molecule has 0 fully saturated rings. The average molecular weight is 157 g/mol. The second kappa shape index (κ2) is 2.74. The van der Waals surface area contributed by atoms with Crippen LogP contribution in [-0.4, -0.2) is 15.2 Å². The van der Waals surface area contributed by atoms with E-state index >= 15 is 0 Å². The van der Waals surface area contributed by atoms with Gasteiger partial charge in [0.05, 0.1) is 6.20 Å². The molecule has 0 spiro atoms. The van der Waals surface area contributed by atoms with E-state index in [1.165, 1.54) is 0 Å². The lowest BCUT2D eigenvalue weighted by Gasteiger charge is -1.87. The Balaban J connectivity index is 2.67. The number of aromatic amines is 1. The maximum Gasteiger partial charge on any atom is 0.282 e. The van der Waals surface area contributed by atoms with Gasteiger partial charge < -0.3 is 10.7 Å². The molecule has 3 N–H and O–H groups in total. The Kier molecular flexibility index (Phi) is 1.96. The fourth-order valence-electron chi connectivity index (χ4n) is 0.559. The van der Waals surface area contributed by atoms with Crippen molar-refractivity contribution < 1.29 is 4.79 Å². The molecule has 0 aromatic carbocycles. The Morgan fingerprint density at radius 2 is 2.60 bits per heavy atom. The highest BCUT2D eigenvalue weighted by molar-refractivity contribution is 8.13. The number of hydrogen-bond acceptors (Lipinski definition) is 3. The summed E-state index contributed by atoms with van der Waals surface area (Å²) in [6, 6.07) is 0. The summed E-state index contributed by atoms with van der Waals surface area (Å²) in [5.74, 6) is 0.781. The van der Waals surface area contributed by atoms with Crippen molar-refractivity contribution in [2.75, 3.05) is 0 Å². The topological polar surface area (TPSA) is 71.8 Å². The molecule has 54 valence electrons. The molecule has 0 unspecified atom stereocenters. The van der Waals surface area contributed by atoms with Crippen LogP contribution < -0.4 is 5.73 Å². The maximum absolute atomic E-state index is 10.3. The lowest BCUT2D eigenvalue weighted by molar-refractivity contribution is 0.267. The summed E-state index contributed by atoms with van der Waals surface area (Å²) in [7, 11) is 0. The average Bonchev–Trinajstić information content (AvgIpc) is 2.13. The number of thioether (sulfide) groups is 1. The molecule has 1 aromatic heterocycles. The first-order chi connectivity index (χ1) is 4.68. The first-order valence-electron chi connectivity index (χ1n) is 2.67. The van der Waals surface area contributed by atoms with Gasteiger partial charge in [-0.2, -0.15) is 0 Å². The molecule has 0 saturated carbocycles. The summed E-state index contributed by atoms with van der Waals surface area (Å²) in [5, 5.41) is 0.258. The molecule has 1 aromatic rings. The van der Waals surface area contributed by atoms with Gasteiger partial charge in [0.1, 0.15) is 10.9 Å². The van der Waals surface area contributed by atoms with Crippen LogP contribution in [0.4, 0.5) is 4.79 Å². The van der Waals surface area contributed by atoms with Gasteiger partial charge in [-0.3, -0.25) is 4.79 Å². The van der Waals surface area contributed by atoms with Crippen molar-refractivity contribution in [2.45, 2.75) is 11.9 Å². The molecule has 0 radical (unpaired) electrons. The van der Waals surface area contributed by atoms with Crippen LogP contribution >= 0.6 is 11.8 Å². The number of rotatable bonds is 1. The van der Waals surface area contributed by atoms with E-state index < -0.39 is 5.24 Å². The Labute approximate surface area is 62.2 Å². The highest BCUT2D eigenvalue weighted by atomic mass is 32.2. The zero-order valence-electron chi connectivity index (χ0n) is 5.42. The molecule has 0 aliphatic carbocycles. The van der Waals surface area contributed by atoms with Crippen molar-refractivity contribution in [3.05, 3.63) is 12.0 Å². The van der Waals surface area contributed by atoms with Gasteiger partial charge >= 0.3 is 0 Å². The zero-order valence-corrected chi connectivity index (χ0v) is 6.23. The monoisotopic (exact) mass is 157 g/mol. The van der Waals surface area contributed by atoms with Crippen molar-refractivity contribution in [1.29, 1.82) is 0 Å². The van der Waals surface area contributed by atoms with Crippen LogP contribution in [0.25, 0.3) is 0 Å². The number of H-pyrrole nitrogens is 1. The van der Waals surface area contributed by atoms with E-state index in [4.69, 9.17) is 5.73 Å². The van der Waals surface area contributed by atoms with Crippen LogP contribution in [0.5, 0.6) is 0 Å². The summed E-state index contributed by atoms with van der Waals surface area (Å²) < 4.78 is 0. The third-order valence-electron chi connectivity index (χ3n) is 0.890. The molecule has 0 aliphatic heterocycles. The van der Waals surface area contributed by atoms with Crippen molar-refractivity contribution >= 4 is 17.0 Å². The summed E-state index contributed by atoms with van der Waals surface area (Å²) in [5.41, 5.74) is 4.91.